The van der Waals surface area contributed by atoms with Gasteiger partial charge in [0.2, 0.25) is 10.0 Å². The molecule has 1 rings (SSSR count). The van der Waals surface area contributed by atoms with Crippen LogP contribution >= 0.6 is 0 Å². The number of nitro groups is 1. The smallest absolute Gasteiger partial charge is 0.269 e. The van der Waals surface area contributed by atoms with E-state index in [2.05, 4.69) is 4.72 Å². The summed E-state index contributed by atoms with van der Waals surface area (Å²) in [6, 6.07) is 4.32. The SMILES string of the molecule is CCC(CO)(CO)NS(=O)(=O)c1ccc([N+](=O)[O-])cc1. The lowest BCUT2D eigenvalue weighted by molar-refractivity contribution is -0.384. The lowest BCUT2D eigenvalue weighted by atomic mass is 10.0. The fraction of sp³-hybridized carbons (Fsp3) is 0.455. The first-order chi connectivity index (χ1) is 9.30. The van der Waals surface area contributed by atoms with Gasteiger partial charge in [-0.15, -0.1) is 0 Å². The molecule has 1 aromatic rings. The summed E-state index contributed by atoms with van der Waals surface area (Å²) in [5.74, 6) is 0. The molecule has 3 N–H and O–H groups in total. The number of rotatable bonds is 7. The molecule has 0 amide bonds. The first-order valence-corrected chi connectivity index (χ1v) is 7.29. The van der Waals surface area contributed by atoms with Crippen LogP contribution in [0.25, 0.3) is 0 Å². The summed E-state index contributed by atoms with van der Waals surface area (Å²) in [4.78, 5) is 9.69. The Morgan fingerprint density at radius 2 is 1.75 bits per heavy atom. The molecule has 0 aromatic heterocycles. The summed E-state index contributed by atoms with van der Waals surface area (Å²) in [5, 5.41) is 29.0. The van der Waals surface area contributed by atoms with E-state index < -0.39 is 33.7 Å². The van der Waals surface area contributed by atoms with E-state index in [0.717, 1.165) is 24.3 Å². The van der Waals surface area contributed by atoms with Crippen molar-refractivity contribution in [3.05, 3.63) is 34.4 Å². The molecule has 0 saturated carbocycles. The van der Waals surface area contributed by atoms with E-state index in [0.29, 0.717) is 0 Å². The molecule has 0 radical (unpaired) electrons. The topological polar surface area (TPSA) is 130 Å². The first kappa shape index (κ1) is 16.5. The van der Waals surface area contributed by atoms with Crippen LogP contribution in [0, 0.1) is 10.1 Å². The van der Waals surface area contributed by atoms with Crippen molar-refractivity contribution in [3.8, 4) is 0 Å². The molecule has 0 spiro atoms. The quantitative estimate of drug-likeness (QED) is 0.480. The molecule has 0 atom stereocenters. The van der Waals surface area contributed by atoms with Crippen molar-refractivity contribution in [2.75, 3.05) is 13.2 Å². The fourth-order valence-corrected chi connectivity index (χ4v) is 2.96. The van der Waals surface area contributed by atoms with E-state index in [9.17, 15) is 28.7 Å². The number of nitrogens with zero attached hydrogens (tertiary/aromatic N) is 1. The lowest BCUT2D eigenvalue weighted by Gasteiger charge is -2.29. The molecule has 0 heterocycles. The maximum absolute atomic E-state index is 12.1. The largest absolute Gasteiger partial charge is 0.394 e. The van der Waals surface area contributed by atoms with Crippen molar-refractivity contribution >= 4 is 15.7 Å². The highest BCUT2D eigenvalue weighted by Crippen LogP contribution is 2.19. The van der Waals surface area contributed by atoms with Crippen LogP contribution in [0.1, 0.15) is 13.3 Å². The summed E-state index contributed by atoms with van der Waals surface area (Å²) in [6.45, 7) is 0.489. The number of nitro benzene ring substituents is 1. The zero-order chi connectivity index (χ0) is 15.4. The zero-order valence-electron chi connectivity index (χ0n) is 10.8. The van der Waals surface area contributed by atoms with Gasteiger partial charge in [0, 0.05) is 12.1 Å². The molecule has 112 valence electrons. The average Bonchev–Trinajstić information content (AvgIpc) is 2.45. The van der Waals surface area contributed by atoms with Gasteiger partial charge in [0.15, 0.2) is 0 Å². The number of non-ortho nitro benzene ring substituents is 1. The van der Waals surface area contributed by atoms with Crippen molar-refractivity contribution in [2.45, 2.75) is 23.8 Å². The Morgan fingerprint density at radius 3 is 2.10 bits per heavy atom. The third kappa shape index (κ3) is 3.51. The molecule has 0 aliphatic carbocycles. The molecule has 0 fully saturated rings. The van der Waals surface area contributed by atoms with Crippen LogP contribution in [0.2, 0.25) is 0 Å². The van der Waals surface area contributed by atoms with Gasteiger partial charge in [-0.25, -0.2) is 13.1 Å². The fourth-order valence-electron chi connectivity index (χ4n) is 1.50. The van der Waals surface area contributed by atoms with E-state index in [4.69, 9.17) is 0 Å². The second-order valence-corrected chi connectivity index (χ2v) is 5.99. The van der Waals surface area contributed by atoms with E-state index in [1.54, 1.807) is 6.92 Å². The molecule has 8 nitrogen and oxygen atoms in total. The Bertz CT molecular complexity index is 557. The predicted molar refractivity (Wildman–Crippen MR) is 70.6 cm³/mol. The molecule has 0 saturated heterocycles. The first-order valence-electron chi connectivity index (χ1n) is 5.80. The molecule has 20 heavy (non-hydrogen) atoms. The third-order valence-electron chi connectivity index (χ3n) is 2.99. The van der Waals surface area contributed by atoms with Gasteiger partial charge in [-0.1, -0.05) is 6.92 Å². The summed E-state index contributed by atoms with van der Waals surface area (Å²) in [5.41, 5.74) is -1.59. The number of sulfonamides is 1. The van der Waals surface area contributed by atoms with Crippen molar-refractivity contribution in [2.24, 2.45) is 0 Å². The highest BCUT2D eigenvalue weighted by atomic mass is 32.2. The van der Waals surface area contributed by atoms with Crippen molar-refractivity contribution in [3.63, 3.8) is 0 Å². The van der Waals surface area contributed by atoms with Crippen molar-refractivity contribution in [1.82, 2.24) is 4.72 Å². The van der Waals surface area contributed by atoms with E-state index in [-0.39, 0.29) is 17.0 Å². The number of hydrogen-bond donors (Lipinski definition) is 3. The van der Waals surface area contributed by atoms with E-state index >= 15 is 0 Å². The van der Waals surface area contributed by atoms with Crippen molar-refractivity contribution in [1.29, 1.82) is 0 Å². The molecular weight excluding hydrogens is 288 g/mol. The van der Waals surface area contributed by atoms with Crippen LogP contribution < -0.4 is 4.72 Å². The number of hydrogen-bond acceptors (Lipinski definition) is 6. The average molecular weight is 304 g/mol. The standard InChI is InChI=1S/C11H16N2O6S/c1-2-11(7-14,8-15)12-20(18,19)10-5-3-9(4-6-10)13(16)17/h3-6,12,14-15H,2,7-8H2,1H3. The molecule has 1 aromatic carbocycles. The van der Waals surface area contributed by atoms with E-state index in [1.165, 1.54) is 0 Å². The summed E-state index contributed by atoms with van der Waals surface area (Å²) in [7, 11) is -3.99. The minimum atomic E-state index is -3.99. The summed E-state index contributed by atoms with van der Waals surface area (Å²) < 4.78 is 26.4. The second-order valence-electron chi connectivity index (χ2n) is 4.31. The number of nitrogens with one attached hydrogen (secondary N) is 1. The normalized spacial score (nSPS) is 12.3. The van der Waals surface area contributed by atoms with Gasteiger partial charge in [0.25, 0.3) is 5.69 Å². The molecule has 0 unspecified atom stereocenters. The number of aliphatic hydroxyl groups excluding tert-OH is 2. The van der Waals surface area contributed by atoms with E-state index in [1.807, 2.05) is 0 Å². The number of aliphatic hydroxyl groups is 2. The zero-order valence-corrected chi connectivity index (χ0v) is 11.6. The molecular formula is C11H16N2O6S. The minimum Gasteiger partial charge on any atom is -0.394 e. The Balaban J connectivity index is 3.07. The number of benzene rings is 1. The highest BCUT2D eigenvalue weighted by Gasteiger charge is 2.32. The van der Waals surface area contributed by atoms with Gasteiger partial charge in [-0.05, 0) is 18.6 Å². The Hall–Kier alpha value is -1.55. The van der Waals surface area contributed by atoms with Gasteiger partial charge in [-0.2, -0.15) is 0 Å². The predicted octanol–water partition coefficient (Wildman–Crippen LogP) is 0.00650. The van der Waals surface area contributed by atoms with Crippen LogP contribution in [0.4, 0.5) is 5.69 Å². The van der Waals surface area contributed by atoms with Gasteiger partial charge in [0.05, 0.1) is 28.6 Å². The van der Waals surface area contributed by atoms with Crippen LogP contribution in [0.15, 0.2) is 29.2 Å². The molecule has 0 aliphatic heterocycles. The molecule has 0 bridgehead atoms. The van der Waals surface area contributed by atoms with Gasteiger partial charge < -0.3 is 10.2 Å². The maximum atomic E-state index is 12.1. The second kappa shape index (κ2) is 6.27. The monoisotopic (exact) mass is 304 g/mol. The van der Waals surface area contributed by atoms with Gasteiger partial charge >= 0.3 is 0 Å². The molecule has 9 heteroatoms. The Kier molecular flexibility index (Phi) is 5.17. The third-order valence-corrected chi connectivity index (χ3v) is 4.59. The van der Waals surface area contributed by atoms with Crippen LogP contribution in [-0.2, 0) is 10.0 Å². The van der Waals surface area contributed by atoms with Crippen LogP contribution in [-0.4, -0.2) is 42.3 Å². The maximum Gasteiger partial charge on any atom is 0.269 e. The van der Waals surface area contributed by atoms with Crippen LogP contribution in [0.5, 0.6) is 0 Å². The lowest BCUT2D eigenvalue weighted by Crippen LogP contribution is -2.53. The van der Waals surface area contributed by atoms with Gasteiger partial charge in [-0.3, -0.25) is 10.1 Å². The van der Waals surface area contributed by atoms with Gasteiger partial charge in [0.1, 0.15) is 0 Å². The highest BCUT2D eigenvalue weighted by molar-refractivity contribution is 7.89. The Labute approximate surface area is 116 Å². The summed E-state index contributed by atoms with van der Waals surface area (Å²) >= 11 is 0. The Morgan fingerprint density at radius 1 is 1.25 bits per heavy atom. The van der Waals surface area contributed by atoms with Crippen LogP contribution in [0.3, 0.4) is 0 Å². The van der Waals surface area contributed by atoms with Crippen molar-refractivity contribution < 1.29 is 23.6 Å². The summed E-state index contributed by atoms with van der Waals surface area (Å²) in [6.07, 6.45) is 0.187. The molecule has 0 aliphatic rings. The minimum absolute atomic E-state index is 0.178.